The molecule has 1 heterocycles. The van der Waals surface area contributed by atoms with Gasteiger partial charge in [-0.25, -0.2) is 0 Å². The second-order valence-corrected chi connectivity index (χ2v) is 5.94. The summed E-state index contributed by atoms with van der Waals surface area (Å²) in [6.07, 6.45) is 5.40. The molecule has 1 aliphatic heterocycles. The highest BCUT2D eigenvalue weighted by molar-refractivity contribution is 5.80. The standard InChI is InChI=1S/C15H29N3O2/c1-12(6-5-7-13(2)16)15(20)17-9-8-14(19)18-10-3-4-11-18/h12-13H,3-11,16H2,1-2H3,(H,17,20). The molecule has 5 nitrogen and oxygen atoms in total. The molecule has 1 rings (SSSR count). The molecule has 0 aromatic heterocycles. The van der Waals surface area contributed by atoms with Gasteiger partial charge in [-0.15, -0.1) is 0 Å². The quantitative estimate of drug-likeness (QED) is 0.704. The zero-order valence-electron chi connectivity index (χ0n) is 12.9. The Morgan fingerprint density at radius 2 is 1.85 bits per heavy atom. The Morgan fingerprint density at radius 1 is 1.20 bits per heavy atom. The van der Waals surface area contributed by atoms with Crippen molar-refractivity contribution in [2.24, 2.45) is 11.7 Å². The smallest absolute Gasteiger partial charge is 0.224 e. The second kappa shape index (κ2) is 8.95. The number of nitrogens with one attached hydrogen (secondary N) is 1. The van der Waals surface area contributed by atoms with Gasteiger partial charge in [0.2, 0.25) is 11.8 Å². The van der Waals surface area contributed by atoms with E-state index in [0.717, 1.165) is 45.2 Å². The SMILES string of the molecule is CC(N)CCCC(C)C(=O)NCCC(=O)N1CCCC1. The molecular weight excluding hydrogens is 254 g/mol. The summed E-state index contributed by atoms with van der Waals surface area (Å²) in [5.41, 5.74) is 5.69. The zero-order valence-corrected chi connectivity index (χ0v) is 12.9. The molecule has 1 fully saturated rings. The van der Waals surface area contributed by atoms with Crippen LogP contribution >= 0.6 is 0 Å². The summed E-state index contributed by atoms with van der Waals surface area (Å²) in [5, 5.41) is 2.86. The summed E-state index contributed by atoms with van der Waals surface area (Å²) in [7, 11) is 0. The van der Waals surface area contributed by atoms with Crippen LogP contribution in [-0.4, -0.2) is 42.4 Å². The van der Waals surface area contributed by atoms with E-state index < -0.39 is 0 Å². The molecule has 1 aliphatic rings. The van der Waals surface area contributed by atoms with Crippen LogP contribution in [0.3, 0.4) is 0 Å². The van der Waals surface area contributed by atoms with Crippen molar-refractivity contribution < 1.29 is 9.59 Å². The Hall–Kier alpha value is -1.10. The molecule has 116 valence electrons. The van der Waals surface area contributed by atoms with E-state index in [4.69, 9.17) is 5.73 Å². The molecule has 0 aromatic carbocycles. The Labute approximate surface area is 122 Å². The van der Waals surface area contributed by atoms with Crippen LogP contribution in [0.4, 0.5) is 0 Å². The van der Waals surface area contributed by atoms with Crippen molar-refractivity contribution >= 4 is 11.8 Å². The summed E-state index contributed by atoms with van der Waals surface area (Å²) < 4.78 is 0. The van der Waals surface area contributed by atoms with Crippen LogP contribution in [0.2, 0.25) is 0 Å². The molecule has 0 aromatic rings. The topological polar surface area (TPSA) is 75.4 Å². The first-order valence-electron chi connectivity index (χ1n) is 7.81. The predicted molar refractivity (Wildman–Crippen MR) is 80.1 cm³/mol. The highest BCUT2D eigenvalue weighted by atomic mass is 16.2. The third-order valence-corrected chi connectivity index (χ3v) is 3.84. The molecule has 2 amide bonds. The van der Waals surface area contributed by atoms with Gasteiger partial charge in [-0.05, 0) is 32.6 Å². The minimum absolute atomic E-state index is 0.00404. The van der Waals surface area contributed by atoms with Gasteiger partial charge in [-0.2, -0.15) is 0 Å². The summed E-state index contributed by atoms with van der Waals surface area (Å²) >= 11 is 0. The number of nitrogens with zero attached hydrogens (tertiary/aromatic N) is 1. The lowest BCUT2D eigenvalue weighted by Crippen LogP contribution is -2.34. The molecule has 20 heavy (non-hydrogen) atoms. The fourth-order valence-corrected chi connectivity index (χ4v) is 2.47. The van der Waals surface area contributed by atoms with Gasteiger partial charge >= 0.3 is 0 Å². The normalized spacial score (nSPS) is 17.9. The first kappa shape index (κ1) is 17.0. The van der Waals surface area contributed by atoms with Gasteiger partial charge in [0.05, 0.1) is 0 Å². The maximum absolute atomic E-state index is 11.9. The van der Waals surface area contributed by atoms with Crippen LogP contribution in [0.25, 0.3) is 0 Å². The van der Waals surface area contributed by atoms with E-state index in [9.17, 15) is 9.59 Å². The molecule has 1 saturated heterocycles. The van der Waals surface area contributed by atoms with E-state index in [1.54, 1.807) is 0 Å². The van der Waals surface area contributed by atoms with Gasteiger partial charge < -0.3 is 16.0 Å². The van der Waals surface area contributed by atoms with Crippen molar-refractivity contribution in [1.82, 2.24) is 10.2 Å². The average molecular weight is 283 g/mol. The van der Waals surface area contributed by atoms with Crippen LogP contribution in [-0.2, 0) is 9.59 Å². The monoisotopic (exact) mass is 283 g/mol. The highest BCUT2D eigenvalue weighted by Crippen LogP contribution is 2.10. The number of carbonyl (C=O) groups excluding carboxylic acids is 2. The minimum atomic E-state index is -0.00404. The average Bonchev–Trinajstić information content (AvgIpc) is 2.91. The molecule has 0 radical (unpaired) electrons. The lowest BCUT2D eigenvalue weighted by atomic mass is 10.0. The molecule has 0 aliphatic carbocycles. The Bertz CT molecular complexity index is 312. The largest absolute Gasteiger partial charge is 0.355 e. The lowest BCUT2D eigenvalue weighted by molar-refractivity contribution is -0.130. The third kappa shape index (κ3) is 6.37. The van der Waals surface area contributed by atoms with Gasteiger partial charge in [0.25, 0.3) is 0 Å². The zero-order chi connectivity index (χ0) is 15.0. The number of carbonyl (C=O) groups is 2. The summed E-state index contributed by atoms with van der Waals surface area (Å²) in [5.74, 6) is 0.201. The van der Waals surface area contributed by atoms with E-state index in [1.807, 2.05) is 18.7 Å². The lowest BCUT2D eigenvalue weighted by Gasteiger charge is -2.16. The third-order valence-electron chi connectivity index (χ3n) is 3.84. The van der Waals surface area contributed by atoms with Gasteiger partial charge in [0, 0.05) is 38.0 Å². The fourth-order valence-electron chi connectivity index (χ4n) is 2.47. The van der Waals surface area contributed by atoms with Crippen molar-refractivity contribution in [3.8, 4) is 0 Å². The Morgan fingerprint density at radius 3 is 2.45 bits per heavy atom. The molecule has 2 unspecified atom stereocenters. The maximum Gasteiger partial charge on any atom is 0.224 e. The van der Waals surface area contributed by atoms with Gasteiger partial charge in [-0.3, -0.25) is 9.59 Å². The number of nitrogens with two attached hydrogens (primary N) is 1. The number of rotatable bonds is 8. The van der Waals surface area contributed by atoms with Crippen LogP contribution in [0, 0.1) is 5.92 Å². The highest BCUT2D eigenvalue weighted by Gasteiger charge is 2.18. The Balaban J connectivity index is 2.10. The van der Waals surface area contributed by atoms with Crippen molar-refractivity contribution in [1.29, 1.82) is 0 Å². The molecule has 0 bridgehead atoms. The molecule has 0 saturated carbocycles. The van der Waals surface area contributed by atoms with Crippen molar-refractivity contribution in [2.75, 3.05) is 19.6 Å². The predicted octanol–water partition coefficient (Wildman–Crippen LogP) is 1.27. The van der Waals surface area contributed by atoms with E-state index in [2.05, 4.69) is 5.32 Å². The molecule has 0 spiro atoms. The Kier molecular flexibility index (Phi) is 7.59. The number of amides is 2. The van der Waals surface area contributed by atoms with Crippen molar-refractivity contribution in [3.63, 3.8) is 0 Å². The maximum atomic E-state index is 11.9. The second-order valence-electron chi connectivity index (χ2n) is 5.94. The molecular formula is C15H29N3O2. The molecule has 5 heteroatoms. The van der Waals surface area contributed by atoms with Gasteiger partial charge in [-0.1, -0.05) is 13.3 Å². The molecule has 2 atom stereocenters. The number of hydrogen-bond acceptors (Lipinski definition) is 3. The molecule has 3 N–H and O–H groups in total. The number of likely N-dealkylation sites (tertiary alicyclic amines) is 1. The van der Waals surface area contributed by atoms with E-state index in [0.29, 0.717) is 13.0 Å². The van der Waals surface area contributed by atoms with Crippen LogP contribution in [0.15, 0.2) is 0 Å². The van der Waals surface area contributed by atoms with Crippen molar-refractivity contribution in [3.05, 3.63) is 0 Å². The summed E-state index contributed by atoms with van der Waals surface area (Å²) in [6.45, 7) is 6.11. The van der Waals surface area contributed by atoms with E-state index in [-0.39, 0.29) is 23.8 Å². The van der Waals surface area contributed by atoms with Crippen LogP contribution in [0.1, 0.15) is 52.4 Å². The van der Waals surface area contributed by atoms with Crippen LogP contribution < -0.4 is 11.1 Å². The first-order valence-corrected chi connectivity index (χ1v) is 7.81. The summed E-state index contributed by atoms with van der Waals surface area (Å²) in [6, 6.07) is 0.198. The minimum Gasteiger partial charge on any atom is -0.355 e. The number of hydrogen-bond donors (Lipinski definition) is 2. The van der Waals surface area contributed by atoms with E-state index >= 15 is 0 Å². The fraction of sp³-hybridized carbons (Fsp3) is 0.867. The van der Waals surface area contributed by atoms with Gasteiger partial charge in [0.1, 0.15) is 0 Å². The van der Waals surface area contributed by atoms with Crippen LogP contribution in [0.5, 0.6) is 0 Å². The van der Waals surface area contributed by atoms with E-state index in [1.165, 1.54) is 0 Å². The summed E-state index contributed by atoms with van der Waals surface area (Å²) in [4.78, 5) is 25.5. The first-order chi connectivity index (χ1) is 9.50. The van der Waals surface area contributed by atoms with Gasteiger partial charge in [0.15, 0.2) is 0 Å². The van der Waals surface area contributed by atoms with Crippen molar-refractivity contribution in [2.45, 2.75) is 58.4 Å².